The Hall–Kier alpha value is -0.850. The molecule has 1 fully saturated rings. The molecule has 0 aromatic rings. The summed E-state index contributed by atoms with van der Waals surface area (Å²) in [6.45, 7) is -0.973. The van der Waals surface area contributed by atoms with Gasteiger partial charge in [-0.3, -0.25) is 0 Å². The number of halogens is 4. The average molecular weight is 215 g/mol. The van der Waals surface area contributed by atoms with Crippen LogP contribution in [0.25, 0.3) is 0 Å². The number of hydrogen-bond donors (Lipinski definition) is 2. The van der Waals surface area contributed by atoms with Crippen molar-refractivity contribution in [3.05, 3.63) is 0 Å². The van der Waals surface area contributed by atoms with Gasteiger partial charge in [-0.1, -0.05) is 0 Å². The third kappa shape index (κ3) is 1.18. The molecular weight excluding hydrogens is 206 g/mol. The molecule has 2 N–H and O–H groups in total. The van der Waals surface area contributed by atoms with Crippen molar-refractivity contribution in [1.82, 2.24) is 5.32 Å². The predicted octanol–water partition coefficient (Wildman–Crippen LogP) is 0.951. The molecule has 0 radical (unpaired) electrons. The van der Waals surface area contributed by atoms with Crippen LogP contribution in [-0.2, 0) is 4.79 Å². The van der Waals surface area contributed by atoms with Crippen molar-refractivity contribution in [2.75, 3.05) is 13.1 Å². The monoisotopic (exact) mass is 215 g/mol. The molecule has 14 heavy (non-hydrogen) atoms. The van der Waals surface area contributed by atoms with Crippen LogP contribution in [0.4, 0.5) is 17.6 Å². The zero-order valence-corrected chi connectivity index (χ0v) is 7.28. The number of rotatable bonds is 1. The molecule has 2 atom stereocenters. The van der Waals surface area contributed by atoms with Gasteiger partial charge >= 0.3 is 12.1 Å². The van der Waals surface area contributed by atoms with Gasteiger partial charge in [0.2, 0.25) is 5.67 Å². The normalized spacial score (nSPS) is 38.6. The molecule has 0 aliphatic carbocycles. The molecule has 7 heteroatoms. The number of carbonyl (C=O) groups is 1. The summed E-state index contributed by atoms with van der Waals surface area (Å²) in [5.41, 5.74) is -6.16. The highest BCUT2D eigenvalue weighted by molar-refractivity contribution is 5.79. The molecule has 1 rings (SSSR count). The Morgan fingerprint density at radius 2 is 1.93 bits per heavy atom. The number of aliphatic carboxylic acids is 1. The molecule has 82 valence electrons. The first-order valence-corrected chi connectivity index (χ1v) is 3.85. The molecule has 0 spiro atoms. The van der Waals surface area contributed by atoms with Crippen LogP contribution in [-0.4, -0.2) is 36.0 Å². The standard InChI is InChI=1S/C7H9F4NO2/c1-5(7(9,10)11)2-12-3-6(5,8)4(13)14/h12H,2-3H2,1H3,(H,13,14). The number of nitrogens with one attached hydrogen (secondary N) is 1. The van der Waals surface area contributed by atoms with E-state index in [0.717, 1.165) is 0 Å². The maximum atomic E-state index is 13.6. The van der Waals surface area contributed by atoms with Gasteiger partial charge in [-0.2, -0.15) is 13.2 Å². The summed E-state index contributed by atoms with van der Waals surface area (Å²) < 4.78 is 51.0. The zero-order valence-electron chi connectivity index (χ0n) is 7.28. The van der Waals surface area contributed by atoms with E-state index in [-0.39, 0.29) is 0 Å². The van der Waals surface area contributed by atoms with Gasteiger partial charge in [0, 0.05) is 13.1 Å². The summed E-state index contributed by atoms with van der Waals surface area (Å²) in [5.74, 6) is -2.08. The Morgan fingerprint density at radius 1 is 1.43 bits per heavy atom. The first-order valence-electron chi connectivity index (χ1n) is 3.85. The molecule has 1 saturated heterocycles. The van der Waals surface area contributed by atoms with Gasteiger partial charge in [0.1, 0.15) is 5.41 Å². The van der Waals surface area contributed by atoms with Gasteiger partial charge in [0.05, 0.1) is 0 Å². The van der Waals surface area contributed by atoms with Crippen LogP contribution in [0.5, 0.6) is 0 Å². The van der Waals surface area contributed by atoms with Crippen molar-refractivity contribution in [2.24, 2.45) is 5.41 Å². The lowest BCUT2D eigenvalue weighted by Crippen LogP contribution is -2.56. The van der Waals surface area contributed by atoms with Crippen LogP contribution in [0, 0.1) is 5.41 Å². The van der Waals surface area contributed by atoms with Gasteiger partial charge in [0.15, 0.2) is 0 Å². The van der Waals surface area contributed by atoms with Crippen LogP contribution < -0.4 is 5.32 Å². The number of hydrogen-bond acceptors (Lipinski definition) is 2. The van der Waals surface area contributed by atoms with E-state index in [4.69, 9.17) is 5.11 Å². The van der Waals surface area contributed by atoms with Crippen LogP contribution in [0.3, 0.4) is 0 Å². The van der Waals surface area contributed by atoms with Crippen molar-refractivity contribution in [1.29, 1.82) is 0 Å². The maximum Gasteiger partial charge on any atom is 0.399 e. The summed E-state index contributed by atoms with van der Waals surface area (Å²) in [4.78, 5) is 10.5. The summed E-state index contributed by atoms with van der Waals surface area (Å²) in [6, 6.07) is 0. The SMILES string of the molecule is CC1(C(F)(F)F)CNCC1(F)C(=O)O. The van der Waals surface area contributed by atoms with Crippen LogP contribution in [0.2, 0.25) is 0 Å². The highest BCUT2D eigenvalue weighted by Gasteiger charge is 2.71. The average Bonchev–Trinajstić information content (AvgIpc) is 2.29. The molecule has 2 unspecified atom stereocenters. The van der Waals surface area contributed by atoms with Crippen molar-refractivity contribution < 1.29 is 27.5 Å². The Bertz CT molecular complexity index is 267. The molecule has 0 aromatic heterocycles. The van der Waals surface area contributed by atoms with Crippen LogP contribution >= 0.6 is 0 Å². The van der Waals surface area contributed by atoms with Crippen molar-refractivity contribution >= 4 is 5.97 Å². The molecule has 0 aromatic carbocycles. The van der Waals surface area contributed by atoms with E-state index >= 15 is 0 Å². The summed E-state index contributed by atoms with van der Waals surface area (Å²) >= 11 is 0. The fraction of sp³-hybridized carbons (Fsp3) is 0.857. The second kappa shape index (κ2) is 2.82. The molecule has 3 nitrogen and oxygen atoms in total. The topological polar surface area (TPSA) is 49.3 Å². The minimum Gasteiger partial charge on any atom is -0.479 e. The van der Waals surface area contributed by atoms with Gasteiger partial charge < -0.3 is 10.4 Å². The Balaban J connectivity index is 3.16. The third-order valence-electron chi connectivity index (χ3n) is 2.69. The van der Waals surface area contributed by atoms with E-state index in [1.807, 2.05) is 0 Å². The van der Waals surface area contributed by atoms with Gasteiger partial charge in [-0.15, -0.1) is 0 Å². The van der Waals surface area contributed by atoms with Crippen LogP contribution in [0.15, 0.2) is 0 Å². The minimum atomic E-state index is -4.89. The number of alkyl halides is 4. The Labute approximate surface area is 77.1 Å². The largest absolute Gasteiger partial charge is 0.479 e. The fourth-order valence-corrected chi connectivity index (χ4v) is 1.46. The molecule has 0 saturated carbocycles. The second-order valence-corrected chi connectivity index (χ2v) is 3.54. The second-order valence-electron chi connectivity index (χ2n) is 3.54. The van der Waals surface area contributed by atoms with E-state index in [0.29, 0.717) is 6.92 Å². The Morgan fingerprint density at radius 3 is 2.21 bits per heavy atom. The molecular formula is C7H9F4NO2. The molecule has 1 aliphatic heterocycles. The highest BCUT2D eigenvalue weighted by atomic mass is 19.4. The van der Waals surface area contributed by atoms with E-state index < -0.39 is 36.3 Å². The summed E-state index contributed by atoms with van der Waals surface area (Å²) in [7, 11) is 0. The van der Waals surface area contributed by atoms with Crippen LogP contribution in [0.1, 0.15) is 6.92 Å². The zero-order chi connectivity index (χ0) is 11.2. The lowest BCUT2D eigenvalue weighted by molar-refractivity contribution is -0.247. The first-order chi connectivity index (χ1) is 6.15. The smallest absolute Gasteiger partial charge is 0.399 e. The maximum absolute atomic E-state index is 13.6. The van der Waals surface area contributed by atoms with E-state index in [1.54, 1.807) is 0 Å². The molecule has 0 amide bonds. The van der Waals surface area contributed by atoms with Crippen molar-refractivity contribution in [2.45, 2.75) is 18.8 Å². The number of carboxylic acid groups (broad SMARTS) is 1. The van der Waals surface area contributed by atoms with Crippen molar-refractivity contribution in [3.63, 3.8) is 0 Å². The van der Waals surface area contributed by atoms with E-state index in [1.165, 1.54) is 0 Å². The highest BCUT2D eigenvalue weighted by Crippen LogP contribution is 2.50. The molecule has 0 bridgehead atoms. The molecule has 1 aliphatic rings. The number of carboxylic acids is 1. The minimum absolute atomic E-state index is 0.571. The van der Waals surface area contributed by atoms with Gasteiger partial charge in [-0.25, -0.2) is 9.18 Å². The predicted molar refractivity (Wildman–Crippen MR) is 38.5 cm³/mol. The molecule has 1 heterocycles. The lowest BCUT2D eigenvalue weighted by atomic mass is 9.76. The quantitative estimate of drug-likeness (QED) is 0.640. The van der Waals surface area contributed by atoms with Gasteiger partial charge in [-0.05, 0) is 6.92 Å². The third-order valence-corrected chi connectivity index (χ3v) is 2.69. The van der Waals surface area contributed by atoms with Gasteiger partial charge in [0.25, 0.3) is 0 Å². The fourth-order valence-electron chi connectivity index (χ4n) is 1.46. The van der Waals surface area contributed by atoms with E-state index in [9.17, 15) is 22.4 Å². The Kier molecular flexibility index (Phi) is 2.26. The summed E-state index contributed by atoms with van der Waals surface area (Å²) in [6.07, 6.45) is -4.89. The summed E-state index contributed by atoms with van der Waals surface area (Å²) in [5, 5.41) is 10.6. The van der Waals surface area contributed by atoms with E-state index in [2.05, 4.69) is 5.32 Å². The van der Waals surface area contributed by atoms with Crippen molar-refractivity contribution in [3.8, 4) is 0 Å². The first kappa shape index (κ1) is 11.2. The lowest BCUT2D eigenvalue weighted by Gasteiger charge is -2.34.